The highest BCUT2D eigenvalue weighted by molar-refractivity contribution is 5.92. The van der Waals surface area contributed by atoms with E-state index in [0.717, 1.165) is 0 Å². The summed E-state index contributed by atoms with van der Waals surface area (Å²) in [6.07, 6.45) is 0. The Hall–Kier alpha value is -1.79. The molecule has 0 amide bonds. The van der Waals surface area contributed by atoms with E-state index < -0.39 is 5.97 Å². The quantitative estimate of drug-likeness (QED) is 0.543. The highest BCUT2D eigenvalue weighted by Crippen LogP contribution is 2.25. The maximum absolute atomic E-state index is 11.6. The zero-order valence-corrected chi connectivity index (χ0v) is 10.6. The van der Waals surface area contributed by atoms with Crippen molar-refractivity contribution in [3.8, 4) is 11.5 Å². The fourth-order valence-electron chi connectivity index (χ4n) is 1.24. The van der Waals surface area contributed by atoms with E-state index >= 15 is 0 Å². The van der Waals surface area contributed by atoms with Crippen molar-refractivity contribution in [3.63, 3.8) is 0 Å². The van der Waals surface area contributed by atoms with Gasteiger partial charge in [0.15, 0.2) is 13.6 Å². The summed E-state index contributed by atoms with van der Waals surface area (Å²) in [6, 6.07) is 4.79. The van der Waals surface area contributed by atoms with E-state index in [1.165, 1.54) is 27.4 Å². The van der Waals surface area contributed by atoms with Gasteiger partial charge in [-0.2, -0.15) is 0 Å². The fraction of sp³-hybridized carbons (Fsp3) is 0.417. The molecular formula is C12H16O6. The molecule has 6 heteroatoms. The van der Waals surface area contributed by atoms with Gasteiger partial charge in [-0.15, -0.1) is 0 Å². The van der Waals surface area contributed by atoms with Crippen LogP contribution in [0.25, 0.3) is 0 Å². The first-order chi connectivity index (χ1) is 8.72. The predicted octanol–water partition coefficient (Wildman–Crippen LogP) is 1.44. The van der Waals surface area contributed by atoms with Crippen LogP contribution < -0.4 is 9.47 Å². The van der Waals surface area contributed by atoms with E-state index in [9.17, 15) is 4.79 Å². The van der Waals surface area contributed by atoms with Gasteiger partial charge in [-0.1, -0.05) is 0 Å². The average molecular weight is 256 g/mol. The lowest BCUT2D eigenvalue weighted by atomic mass is 10.2. The smallest absolute Gasteiger partial charge is 0.341 e. The summed E-state index contributed by atoms with van der Waals surface area (Å²) >= 11 is 0. The molecular weight excluding hydrogens is 240 g/mol. The summed E-state index contributed by atoms with van der Waals surface area (Å²) < 4.78 is 24.7. The van der Waals surface area contributed by atoms with E-state index in [1.54, 1.807) is 12.1 Å². The van der Waals surface area contributed by atoms with Gasteiger partial charge in [-0.25, -0.2) is 4.79 Å². The molecule has 0 unspecified atom stereocenters. The second kappa shape index (κ2) is 7.52. The molecule has 0 N–H and O–H groups in total. The third-order valence-electron chi connectivity index (χ3n) is 2.03. The SMILES string of the molecule is COCOc1ccc(OCOC)c(C(=O)OC)c1. The number of hydrogen-bond donors (Lipinski definition) is 0. The molecule has 0 saturated carbocycles. The van der Waals surface area contributed by atoms with Gasteiger partial charge in [-0.3, -0.25) is 0 Å². The first-order valence-electron chi connectivity index (χ1n) is 5.18. The van der Waals surface area contributed by atoms with Gasteiger partial charge in [0, 0.05) is 14.2 Å². The van der Waals surface area contributed by atoms with Crippen LogP contribution in [0, 0.1) is 0 Å². The number of ether oxygens (including phenoxy) is 5. The second-order valence-electron chi connectivity index (χ2n) is 3.25. The molecule has 6 nitrogen and oxygen atoms in total. The Kier molecular flexibility index (Phi) is 5.96. The maximum Gasteiger partial charge on any atom is 0.341 e. The van der Waals surface area contributed by atoms with Crippen molar-refractivity contribution in [1.82, 2.24) is 0 Å². The second-order valence-corrected chi connectivity index (χ2v) is 3.25. The lowest BCUT2D eigenvalue weighted by Gasteiger charge is -2.11. The third kappa shape index (κ3) is 3.90. The Balaban J connectivity index is 2.92. The molecule has 0 saturated heterocycles. The summed E-state index contributed by atoms with van der Waals surface area (Å²) in [6.45, 7) is 0.140. The highest BCUT2D eigenvalue weighted by atomic mass is 16.7. The molecule has 0 spiro atoms. The lowest BCUT2D eigenvalue weighted by Crippen LogP contribution is -2.08. The van der Waals surface area contributed by atoms with E-state index in [1.807, 2.05) is 0 Å². The number of carbonyl (C=O) groups is 1. The van der Waals surface area contributed by atoms with Gasteiger partial charge < -0.3 is 23.7 Å². The van der Waals surface area contributed by atoms with Crippen molar-refractivity contribution in [1.29, 1.82) is 0 Å². The van der Waals surface area contributed by atoms with Crippen molar-refractivity contribution in [2.24, 2.45) is 0 Å². The van der Waals surface area contributed by atoms with Crippen LogP contribution in [0.15, 0.2) is 18.2 Å². The Morgan fingerprint density at radius 1 is 1.06 bits per heavy atom. The molecule has 0 atom stereocenters. The minimum absolute atomic E-state index is 0.0439. The zero-order valence-electron chi connectivity index (χ0n) is 10.6. The average Bonchev–Trinajstić information content (AvgIpc) is 2.42. The monoisotopic (exact) mass is 256 g/mol. The third-order valence-corrected chi connectivity index (χ3v) is 2.03. The number of methoxy groups -OCH3 is 3. The Bertz CT molecular complexity index is 390. The van der Waals surface area contributed by atoms with Crippen molar-refractivity contribution >= 4 is 5.97 Å². The normalized spacial score (nSPS) is 9.94. The molecule has 0 aliphatic carbocycles. The van der Waals surface area contributed by atoms with Gasteiger partial charge >= 0.3 is 5.97 Å². The van der Waals surface area contributed by atoms with E-state index in [2.05, 4.69) is 4.74 Å². The van der Waals surface area contributed by atoms with Crippen LogP contribution in [-0.2, 0) is 14.2 Å². The summed E-state index contributed by atoms with van der Waals surface area (Å²) in [5.74, 6) is 0.347. The molecule has 0 bridgehead atoms. The van der Waals surface area contributed by atoms with Crippen LogP contribution in [0.1, 0.15) is 10.4 Å². The molecule has 0 aliphatic rings. The van der Waals surface area contributed by atoms with Crippen molar-refractivity contribution < 1.29 is 28.5 Å². The summed E-state index contributed by atoms with van der Waals surface area (Å²) in [5.41, 5.74) is 0.267. The fourth-order valence-corrected chi connectivity index (χ4v) is 1.24. The highest BCUT2D eigenvalue weighted by Gasteiger charge is 2.14. The molecule has 1 aromatic carbocycles. The molecule has 0 aromatic heterocycles. The largest absolute Gasteiger partial charge is 0.468 e. The van der Waals surface area contributed by atoms with Crippen LogP contribution in [0.3, 0.4) is 0 Å². The Morgan fingerprint density at radius 3 is 2.33 bits per heavy atom. The number of carbonyl (C=O) groups excluding carboxylic acids is 1. The van der Waals surface area contributed by atoms with Gasteiger partial charge in [0.05, 0.1) is 7.11 Å². The van der Waals surface area contributed by atoms with Crippen LogP contribution >= 0.6 is 0 Å². The van der Waals surface area contributed by atoms with Crippen molar-refractivity contribution in [2.75, 3.05) is 34.9 Å². The van der Waals surface area contributed by atoms with Gasteiger partial charge in [0.1, 0.15) is 17.1 Å². The topological polar surface area (TPSA) is 63.2 Å². The standard InChI is InChI=1S/C12H16O6/c1-14-7-17-9-4-5-11(18-8-15-2)10(6-9)12(13)16-3/h4-6H,7-8H2,1-3H3. The van der Waals surface area contributed by atoms with E-state index in [4.69, 9.17) is 18.9 Å². The molecule has 0 heterocycles. The predicted molar refractivity (Wildman–Crippen MR) is 62.8 cm³/mol. The van der Waals surface area contributed by atoms with Crippen LogP contribution in [0.4, 0.5) is 0 Å². The van der Waals surface area contributed by atoms with Gasteiger partial charge in [0.25, 0.3) is 0 Å². The number of rotatable bonds is 7. The molecule has 0 fully saturated rings. The first-order valence-corrected chi connectivity index (χ1v) is 5.18. The number of esters is 1. The summed E-state index contributed by atoms with van der Waals surface area (Å²) in [7, 11) is 4.30. The van der Waals surface area contributed by atoms with Crippen LogP contribution in [0.5, 0.6) is 11.5 Å². The van der Waals surface area contributed by atoms with Crippen LogP contribution in [-0.4, -0.2) is 40.9 Å². The maximum atomic E-state index is 11.6. The molecule has 18 heavy (non-hydrogen) atoms. The molecule has 0 aliphatic heterocycles. The summed E-state index contributed by atoms with van der Waals surface area (Å²) in [5, 5.41) is 0. The molecule has 100 valence electrons. The van der Waals surface area contributed by atoms with Gasteiger partial charge in [0.2, 0.25) is 0 Å². The van der Waals surface area contributed by atoms with E-state index in [0.29, 0.717) is 11.5 Å². The lowest BCUT2D eigenvalue weighted by molar-refractivity contribution is 0.0444. The summed E-state index contributed by atoms with van der Waals surface area (Å²) in [4.78, 5) is 11.6. The molecule has 0 radical (unpaired) electrons. The number of benzene rings is 1. The minimum Gasteiger partial charge on any atom is -0.468 e. The van der Waals surface area contributed by atoms with E-state index in [-0.39, 0.29) is 19.1 Å². The van der Waals surface area contributed by atoms with Crippen molar-refractivity contribution in [2.45, 2.75) is 0 Å². The van der Waals surface area contributed by atoms with Gasteiger partial charge in [-0.05, 0) is 18.2 Å². The molecule has 1 aromatic rings. The Labute approximate surface area is 105 Å². The Morgan fingerprint density at radius 2 is 1.72 bits per heavy atom. The minimum atomic E-state index is -0.510. The molecule has 1 rings (SSSR count). The number of hydrogen-bond acceptors (Lipinski definition) is 6. The van der Waals surface area contributed by atoms with Crippen LogP contribution in [0.2, 0.25) is 0 Å². The van der Waals surface area contributed by atoms with Crippen molar-refractivity contribution in [3.05, 3.63) is 23.8 Å². The first kappa shape index (κ1) is 14.3. The zero-order chi connectivity index (χ0) is 13.4.